The molecular weight excluding hydrogens is 351 g/mol. The van der Waals surface area contributed by atoms with Gasteiger partial charge >= 0.3 is 0 Å². The molecule has 0 atom stereocenters. The van der Waals surface area contributed by atoms with Crippen LogP contribution in [0.15, 0.2) is 29.2 Å². The van der Waals surface area contributed by atoms with E-state index in [0.29, 0.717) is 44.1 Å². The molecule has 27 heavy (non-hydrogen) atoms. The molecule has 2 aliphatic rings. The third kappa shape index (κ3) is 3.44. The molecule has 0 unspecified atom stereocenters. The van der Waals surface area contributed by atoms with Crippen molar-refractivity contribution in [3.05, 3.63) is 57.3 Å². The summed E-state index contributed by atoms with van der Waals surface area (Å²) in [4.78, 5) is 28.6. The number of hydrogen-bond donors (Lipinski definition) is 1. The second-order valence-corrected chi connectivity index (χ2v) is 7.04. The molecule has 2 aliphatic heterocycles. The van der Waals surface area contributed by atoms with Gasteiger partial charge in [-0.1, -0.05) is 6.07 Å². The van der Waals surface area contributed by atoms with Gasteiger partial charge in [-0.3, -0.25) is 9.59 Å². The number of H-pyrrole nitrogens is 1. The fraction of sp³-hybridized carbons (Fsp3) is 0.421. The lowest BCUT2D eigenvalue weighted by Crippen LogP contribution is -2.51. The van der Waals surface area contributed by atoms with Crippen LogP contribution in [0.5, 0.6) is 0 Å². The number of nitrogens with one attached hydrogen (secondary N) is 1. The van der Waals surface area contributed by atoms with E-state index in [-0.39, 0.29) is 29.7 Å². The number of carbonyl (C=O) groups excluding carboxylic acids is 1. The van der Waals surface area contributed by atoms with Gasteiger partial charge in [0.2, 0.25) is 5.91 Å². The van der Waals surface area contributed by atoms with Gasteiger partial charge in [-0.15, -0.1) is 0 Å². The Morgan fingerprint density at radius 1 is 1.30 bits per heavy atom. The van der Waals surface area contributed by atoms with E-state index in [2.05, 4.69) is 10.2 Å². The lowest BCUT2D eigenvalue weighted by molar-refractivity contribution is -0.131. The molecule has 8 heteroatoms. The Morgan fingerprint density at radius 3 is 2.78 bits per heavy atom. The van der Waals surface area contributed by atoms with Crippen molar-refractivity contribution in [3.63, 3.8) is 0 Å². The Labute approximate surface area is 155 Å². The molecule has 0 saturated carbocycles. The fourth-order valence-electron chi connectivity index (χ4n) is 3.57. The topological polar surface area (TPSA) is 78.5 Å². The zero-order valence-electron chi connectivity index (χ0n) is 15.1. The molecule has 0 bridgehead atoms. The Hall–Kier alpha value is -2.74. The minimum atomic E-state index is -0.276. The lowest BCUT2D eigenvalue weighted by Gasteiger charge is -2.37. The maximum absolute atomic E-state index is 13.3. The van der Waals surface area contributed by atoms with Crippen molar-refractivity contribution in [3.8, 4) is 0 Å². The first-order valence-corrected chi connectivity index (χ1v) is 8.96. The summed E-state index contributed by atoms with van der Waals surface area (Å²) in [5, 5.41) is 6.39. The van der Waals surface area contributed by atoms with Gasteiger partial charge in [-0.05, 0) is 30.2 Å². The molecule has 4 rings (SSSR count). The smallest absolute Gasteiger partial charge is 0.269 e. The van der Waals surface area contributed by atoms with E-state index < -0.39 is 0 Å². The maximum atomic E-state index is 13.3. The molecule has 1 amide bonds. The van der Waals surface area contributed by atoms with Crippen LogP contribution in [0, 0.1) is 12.7 Å². The fourth-order valence-corrected chi connectivity index (χ4v) is 3.57. The van der Waals surface area contributed by atoms with Crippen LogP contribution in [0.3, 0.4) is 0 Å². The summed E-state index contributed by atoms with van der Waals surface area (Å²) >= 11 is 0. The van der Waals surface area contributed by atoms with Gasteiger partial charge in [0, 0.05) is 25.6 Å². The van der Waals surface area contributed by atoms with E-state index in [9.17, 15) is 14.0 Å². The first-order chi connectivity index (χ1) is 13.0. The van der Waals surface area contributed by atoms with E-state index in [0.717, 1.165) is 11.1 Å². The number of aryl methyl sites for hydroxylation is 1. The monoisotopic (exact) mass is 372 g/mol. The average molecular weight is 372 g/mol. The highest BCUT2D eigenvalue weighted by Crippen LogP contribution is 2.30. The van der Waals surface area contributed by atoms with Crippen LogP contribution in [0.4, 0.5) is 10.1 Å². The van der Waals surface area contributed by atoms with Gasteiger partial charge in [-0.25, -0.2) is 9.49 Å². The second kappa shape index (κ2) is 7.11. The highest BCUT2D eigenvalue weighted by molar-refractivity contribution is 5.83. The van der Waals surface area contributed by atoms with Gasteiger partial charge < -0.3 is 14.5 Å². The number of anilines is 1. The number of nitrogens with zero attached hydrogens (tertiary/aromatic N) is 3. The standard InChI is InChI=1S/C19H21FN4O3/c1-12-6-15(20)3-2-13(12)8-24-5-4-23(9-17(24)25)16-7-21-22-19(26)18(16)14-10-27-11-14/h2-3,6-7,14H,4-5,8-11H2,1H3,(H,22,26). The van der Waals surface area contributed by atoms with Crippen LogP contribution in [0.1, 0.15) is 22.6 Å². The number of aromatic nitrogens is 2. The van der Waals surface area contributed by atoms with Gasteiger partial charge in [0.25, 0.3) is 5.56 Å². The number of hydrogen-bond acceptors (Lipinski definition) is 5. The number of carbonyl (C=O) groups is 1. The van der Waals surface area contributed by atoms with Crippen molar-refractivity contribution >= 4 is 11.6 Å². The SMILES string of the molecule is Cc1cc(F)ccc1CN1CCN(c2cn[nH]c(=O)c2C2COC2)CC1=O. The minimum Gasteiger partial charge on any atom is -0.380 e. The van der Waals surface area contributed by atoms with Crippen LogP contribution in [-0.4, -0.2) is 53.9 Å². The zero-order chi connectivity index (χ0) is 19.0. The molecular formula is C19H21FN4O3. The van der Waals surface area contributed by atoms with Gasteiger partial charge in [0.05, 0.1) is 37.2 Å². The van der Waals surface area contributed by atoms with Gasteiger partial charge in [0.15, 0.2) is 0 Å². The normalized spacial score (nSPS) is 17.9. The third-order valence-corrected chi connectivity index (χ3v) is 5.25. The second-order valence-electron chi connectivity index (χ2n) is 7.04. The van der Waals surface area contributed by atoms with Crippen LogP contribution >= 0.6 is 0 Å². The van der Waals surface area contributed by atoms with E-state index >= 15 is 0 Å². The van der Waals surface area contributed by atoms with E-state index in [1.807, 2.05) is 11.8 Å². The largest absolute Gasteiger partial charge is 0.380 e. The molecule has 2 saturated heterocycles. The summed E-state index contributed by atoms with van der Waals surface area (Å²) in [5.41, 5.74) is 2.89. The first kappa shape index (κ1) is 17.7. The van der Waals surface area contributed by atoms with Crippen LogP contribution in [-0.2, 0) is 16.1 Å². The van der Waals surface area contributed by atoms with Crippen molar-refractivity contribution in [1.29, 1.82) is 0 Å². The number of amides is 1. The Bertz CT molecular complexity index is 925. The Morgan fingerprint density at radius 2 is 2.11 bits per heavy atom. The molecule has 7 nitrogen and oxygen atoms in total. The number of ether oxygens (including phenoxy) is 1. The minimum absolute atomic E-state index is 0.0268. The van der Waals surface area contributed by atoms with Gasteiger partial charge in [0.1, 0.15) is 5.82 Å². The molecule has 3 heterocycles. The predicted octanol–water partition coefficient (Wildman–Crippen LogP) is 1.18. The van der Waals surface area contributed by atoms with Crippen molar-refractivity contribution in [2.45, 2.75) is 19.4 Å². The molecule has 142 valence electrons. The predicted molar refractivity (Wildman–Crippen MR) is 97.2 cm³/mol. The van der Waals surface area contributed by atoms with E-state index in [4.69, 9.17) is 4.74 Å². The summed E-state index contributed by atoms with van der Waals surface area (Å²) in [7, 11) is 0. The summed E-state index contributed by atoms with van der Waals surface area (Å²) in [6.07, 6.45) is 1.61. The van der Waals surface area contributed by atoms with Crippen molar-refractivity contribution in [2.24, 2.45) is 0 Å². The summed E-state index contributed by atoms with van der Waals surface area (Å²) in [6.45, 7) is 4.64. The number of benzene rings is 1. The summed E-state index contributed by atoms with van der Waals surface area (Å²) < 4.78 is 18.5. The average Bonchev–Trinajstić information content (AvgIpc) is 2.59. The van der Waals surface area contributed by atoms with Gasteiger partial charge in [-0.2, -0.15) is 5.10 Å². The van der Waals surface area contributed by atoms with Crippen molar-refractivity contribution < 1.29 is 13.9 Å². The number of aromatic amines is 1. The molecule has 0 aliphatic carbocycles. The molecule has 0 radical (unpaired) electrons. The third-order valence-electron chi connectivity index (χ3n) is 5.25. The summed E-state index contributed by atoms with van der Waals surface area (Å²) in [5.74, 6) is -0.260. The summed E-state index contributed by atoms with van der Waals surface area (Å²) in [6, 6.07) is 4.61. The Kier molecular flexibility index (Phi) is 4.65. The molecule has 0 spiro atoms. The van der Waals surface area contributed by atoms with Crippen molar-refractivity contribution in [2.75, 3.05) is 37.7 Å². The van der Waals surface area contributed by atoms with Crippen LogP contribution in [0.25, 0.3) is 0 Å². The number of rotatable bonds is 4. The van der Waals surface area contributed by atoms with Crippen molar-refractivity contribution in [1.82, 2.24) is 15.1 Å². The maximum Gasteiger partial charge on any atom is 0.269 e. The highest BCUT2D eigenvalue weighted by atomic mass is 19.1. The Balaban J connectivity index is 1.50. The quantitative estimate of drug-likeness (QED) is 0.872. The zero-order valence-corrected chi connectivity index (χ0v) is 15.1. The molecule has 2 aromatic rings. The molecule has 1 aromatic heterocycles. The lowest BCUT2D eigenvalue weighted by atomic mass is 9.97. The van der Waals surface area contributed by atoms with Crippen LogP contribution < -0.4 is 10.5 Å². The number of halogens is 1. The molecule has 1 aromatic carbocycles. The van der Waals surface area contributed by atoms with E-state index in [1.165, 1.54) is 12.1 Å². The van der Waals surface area contributed by atoms with E-state index in [1.54, 1.807) is 17.2 Å². The first-order valence-electron chi connectivity index (χ1n) is 8.96. The molecule has 2 fully saturated rings. The molecule has 1 N–H and O–H groups in total. The van der Waals surface area contributed by atoms with Crippen LogP contribution in [0.2, 0.25) is 0 Å². The highest BCUT2D eigenvalue weighted by Gasteiger charge is 2.31. The number of piperazine rings is 1.